The first kappa shape index (κ1) is 12.9. The number of esters is 1. The van der Waals surface area contributed by atoms with Crippen LogP contribution in [-0.2, 0) is 9.53 Å². The highest BCUT2D eigenvalue weighted by Gasteiger charge is 2.27. The average Bonchev–Trinajstić information content (AvgIpc) is 2.89. The molecule has 0 radical (unpaired) electrons. The molecule has 0 unspecified atom stereocenters. The van der Waals surface area contributed by atoms with Crippen LogP contribution in [0.25, 0.3) is 0 Å². The van der Waals surface area contributed by atoms with Gasteiger partial charge in [-0.05, 0) is 56.9 Å². The maximum Gasteiger partial charge on any atom is 0.308 e. The minimum atomic E-state index is 0.0485. The summed E-state index contributed by atoms with van der Waals surface area (Å²) in [6, 6.07) is 0. The maximum atomic E-state index is 11.9. The summed E-state index contributed by atoms with van der Waals surface area (Å²) in [7, 11) is 0. The van der Waals surface area contributed by atoms with Crippen molar-refractivity contribution in [3.63, 3.8) is 0 Å². The molecule has 2 N–H and O–H groups in total. The zero-order valence-electron chi connectivity index (χ0n) is 10.7. The lowest BCUT2D eigenvalue weighted by molar-refractivity contribution is -0.151. The van der Waals surface area contributed by atoms with Crippen LogP contribution in [0.4, 0.5) is 0 Å². The summed E-state index contributed by atoms with van der Waals surface area (Å²) in [5.41, 5.74) is 5.65. The molecule has 3 heteroatoms. The highest BCUT2D eigenvalue weighted by Crippen LogP contribution is 2.30. The van der Waals surface area contributed by atoms with E-state index in [1.807, 2.05) is 0 Å². The van der Waals surface area contributed by atoms with Crippen molar-refractivity contribution in [1.29, 1.82) is 0 Å². The molecule has 0 aliphatic heterocycles. The van der Waals surface area contributed by atoms with Crippen molar-refractivity contribution in [2.75, 3.05) is 13.2 Å². The van der Waals surface area contributed by atoms with Crippen molar-refractivity contribution in [1.82, 2.24) is 0 Å². The monoisotopic (exact) mass is 239 g/mol. The van der Waals surface area contributed by atoms with Crippen LogP contribution < -0.4 is 5.73 Å². The number of nitrogens with two attached hydrogens (primary N) is 1. The quantitative estimate of drug-likeness (QED) is 0.767. The van der Waals surface area contributed by atoms with Crippen LogP contribution in [0.15, 0.2) is 0 Å². The molecule has 0 saturated heterocycles. The van der Waals surface area contributed by atoms with Gasteiger partial charge < -0.3 is 10.5 Å². The van der Waals surface area contributed by atoms with Crippen LogP contribution in [0.2, 0.25) is 0 Å². The molecule has 2 fully saturated rings. The second kappa shape index (κ2) is 6.39. The standard InChI is InChI=1S/C14H25NO2/c15-9-11-5-7-13(8-6-11)14(16)17-10-12-3-1-2-4-12/h11-13H,1-10,15H2. The van der Waals surface area contributed by atoms with Gasteiger partial charge in [-0.3, -0.25) is 4.79 Å². The number of hydrogen-bond acceptors (Lipinski definition) is 3. The van der Waals surface area contributed by atoms with E-state index in [2.05, 4.69) is 0 Å². The molecule has 0 heterocycles. The molecular formula is C14H25NO2. The molecule has 0 amide bonds. The van der Waals surface area contributed by atoms with E-state index in [0.29, 0.717) is 18.4 Å². The van der Waals surface area contributed by atoms with Crippen LogP contribution in [0, 0.1) is 17.8 Å². The van der Waals surface area contributed by atoms with Gasteiger partial charge in [0.25, 0.3) is 0 Å². The van der Waals surface area contributed by atoms with Crippen molar-refractivity contribution in [3.05, 3.63) is 0 Å². The van der Waals surface area contributed by atoms with Crippen LogP contribution in [0.5, 0.6) is 0 Å². The molecule has 98 valence electrons. The van der Waals surface area contributed by atoms with E-state index >= 15 is 0 Å². The fraction of sp³-hybridized carbons (Fsp3) is 0.929. The highest BCUT2D eigenvalue weighted by molar-refractivity contribution is 5.72. The third-order valence-electron chi connectivity index (χ3n) is 4.45. The van der Waals surface area contributed by atoms with Gasteiger partial charge in [0, 0.05) is 0 Å². The van der Waals surface area contributed by atoms with E-state index in [0.717, 1.165) is 32.2 Å². The molecule has 0 bridgehead atoms. The molecule has 0 spiro atoms. The molecule has 0 aromatic carbocycles. The number of hydrogen-bond donors (Lipinski definition) is 1. The van der Waals surface area contributed by atoms with Gasteiger partial charge in [0.1, 0.15) is 0 Å². The van der Waals surface area contributed by atoms with E-state index in [-0.39, 0.29) is 11.9 Å². The average molecular weight is 239 g/mol. The minimum Gasteiger partial charge on any atom is -0.465 e. The van der Waals surface area contributed by atoms with Gasteiger partial charge in [-0.2, -0.15) is 0 Å². The van der Waals surface area contributed by atoms with Gasteiger partial charge in [0.2, 0.25) is 0 Å². The Bertz CT molecular complexity index is 241. The minimum absolute atomic E-state index is 0.0485. The zero-order valence-corrected chi connectivity index (χ0v) is 10.7. The lowest BCUT2D eigenvalue weighted by Crippen LogP contribution is -2.27. The van der Waals surface area contributed by atoms with Crippen LogP contribution in [-0.4, -0.2) is 19.1 Å². The predicted molar refractivity (Wildman–Crippen MR) is 67.4 cm³/mol. The van der Waals surface area contributed by atoms with Crippen molar-refractivity contribution in [2.24, 2.45) is 23.5 Å². The second-order valence-corrected chi connectivity index (χ2v) is 5.73. The first-order valence-corrected chi connectivity index (χ1v) is 7.16. The first-order chi connectivity index (χ1) is 8.29. The summed E-state index contributed by atoms with van der Waals surface area (Å²) in [5.74, 6) is 1.47. The van der Waals surface area contributed by atoms with Gasteiger partial charge in [-0.1, -0.05) is 12.8 Å². The Kier molecular flexibility index (Phi) is 4.84. The summed E-state index contributed by atoms with van der Waals surface area (Å²) in [6.45, 7) is 1.43. The summed E-state index contributed by atoms with van der Waals surface area (Å²) < 4.78 is 5.46. The third-order valence-corrected chi connectivity index (χ3v) is 4.45. The Balaban J connectivity index is 1.66. The Morgan fingerprint density at radius 1 is 1.00 bits per heavy atom. The van der Waals surface area contributed by atoms with E-state index in [1.165, 1.54) is 25.7 Å². The molecular weight excluding hydrogens is 214 g/mol. The molecule has 2 rings (SSSR count). The Hall–Kier alpha value is -0.570. The van der Waals surface area contributed by atoms with E-state index in [9.17, 15) is 4.79 Å². The molecule has 0 aromatic rings. The molecule has 17 heavy (non-hydrogen) atoms. The summed E-state index contributed by atoms with van der Waals surface area (Å²) in [4.78, 5) is 11.9. The molecule has 2 saturated carbocycles. The SMILES string of the molecule is NCC1CCC(C(=O)OCC2CCCC2)CC1. The smallest absolute Gasteiger partial charge is 0.308 e. The Labute approximate surface area is 104 Å². The molecule has 0 aromatic heterocycles. The lowest BCUT2D eigenvalue weighted by atomic mass is 9.82. The second-order valence-electron chi connectivity index (χ2n) is 5.73. The summed E-state index contributed by atoms with van der Waals surface area (Å²) >= 11 is 0. The van der Waals surface area contributed by atoms with Gasteiger partial charge in [-0.15, -0.1) is 0 Å². The van der Waals surface area contributed by atoms with E-state index in [1.54, 1.807) is 0 Å². The molecule has 3 nitrogen and oxygen atoms in total. The topological polar surface area (TPSA) is 52.3 Å². The lowest BCUT2D eigenvalue weighted by Gasteiger charge is -2.26. The van der Waals surface area contributed by atoms with Gasteiger partial charge >= 0.3 is 5.97 Å². The molecule has 0 atom stereocenters. The van der Waals surface area contributed by atoms with Gasteiger partial charge in [0.05, 0.1) is 12.5 Å². The summed E-state index contributed by atoms with van der Waals surface area (Å²) in [6.07, 6.45) is 9.25. The molecule has 2 aliphatic carbocycles. The van der Waals surface area contributed by atoms with Gasteiger partial charge in [0.15, 0.2) is 0 Å². The van der Waals surface area contributed by atoms with Crippen LogP contribution in [0.3, 0.4) is 0 Å². The number of carbonyl (C=O) groups excluding carboxylic acids is 1. The third kappa shape index (κ3) is 3.70. The number of ether oxygens (including phenoxy) is 1. The fourth-order valence-electron chi connectivity index (χ4n) is 3.13. The zero-order chi connectivity index (χ0) is 12.1. The highest BCUT2D eigenvalue weighted by atomic mass is 16.5. The first-order valence-electron chi connectivity index (χ1n) is 7.16. The number of rotatable bonds is 4. The molecule has 2 aliphatic rings. The fourth-order valence-corrected chi connectivity index (χ4v) is 3.13. The Morgan fingerprint density at radius 3 is 2.24 bits per heavy atom. The number of carbonyl (C=O) groups is 1. The normalized spacial score (nSPS) is 30.4. The Morgan fingerprint density at radius 2 is 1.65 bits per heavy atom. The van der Waals surface area contributed by atoms with E-state index in [4.69, 9.17) is 10.5 Å². The van der Waals surface area contributed by atoms with Crippen molar-refractivity contribution >= 4 is 5.97 Å². The van der Waals surface area contributed by atoms with Crippen molar-refractivity contribution < 1.29 is 9.53 Å². The van der Waals surface area contributed by atoms with Crippen molar-refractivity contribution in [3.8, 4) is 0 Å². The van der Waals surface area contributed by atoms with Crippen molar-refractivity contribution in [2.45, 2.75) is 51.4 Å². The maximum absolute atomic E-state index is 11.9. The predicted octanol–water partition coefficient (Wildman–Crippen LogP) is 2.48. The van der Waals surface area contributed by atoms with Crippen LogP contribution >= 0.6 is 0 Å². The van der Waals surface area contributed by atoms with Crippen LogP contribution in [0.1, 0.15) is 51.4 Å². The van der Waals surface area contributed by atoms with E-state index < -0.39 is 0 Å². The van der Waals surface area contributed by atoms with Gasteiger partial charge in [-0.25, -0.2) is 0 Å². The summed E-state index contributed by atoms with van der Waals surface area (Å²) in [5, 5.41) is 0. The largest absolute Gasteiger partial charge is 0.465 e.